The highest BCUT2D eigenvalue weighted by atomic mass is 35.5. The molecule has 0 atom stereocenters. The maximum Gasteiger partial charge on any atom is 0.225 e. The summed E-state index contributed by atoms with van der Waals surface area (Å²) in [5.41, 5.74) is 2.03. The second-order valence-electron chi connectivity index (χ2n) is 5.86. The third-order valence-corrected chi connectivity index (χ3v) is 4.25. The Morgan fingerprint density at radius 1 is 1.19 bits per heavy atom. The van der Waals surface area contributed by atoms with Crippen molar-refractivity contribution in [2.24, 2.45) is 0 Å². The summed E-state index contributed by atoms with van der Waals surface area (Å²) in [7, 11) is 1.63. The fraction of sp³-hybridized carbons (Fsp3) is 0.200. The number of anilines is 1. The molecule has 1 N–H and O–H groups in total. The summed E-state index contributed by atoms with van der Waals surface area (Å²) in [6.45, 7) is 0.537. The van der Waals surface area contributed by atoms with E-state index in [-0.39, 0.29) is 5.91 Å². The van der Waals surface area contributed by atoms with Gasteiger partial charge in [-0.05, 0) is 35.7 Å². The van der Waals surface area contributed by atoms with Gasteiger partial charge in [0.25, 0.3) is 0 Å². The predicted molar refractivity (Wildman–Crippen MR) is 103 cm³/mol. The molecule has 3 rings (SSSR count). The molecular formula is C20H20ClN3O2. The van der Waals surface area contributed by atoms with Gasteiger partial charge in [0.2, 0.25) is 5.91 Å². The molecule has 0 fully saturated rings. The highest BCUT2D eigenvalue weighted by Gasteiger charge is 2.10. The average molecular weight is 370 g/mol. The average Bonchev–Trinajstić information content (AvgIpc) is 3.07. The van der Waals surface area contributed by atoms with Crippen LogP contribution in [0.4, 0.5) is 5.82 Å². The van der Waals surface area contributed by atoms with E-state index in [2.05, 4.69) is 10.4 Å². The summed E-state index contributed by atoms with van der Waals surface area (Å²) in [5, 5.41) is 7.88. The molecule has 0 aliphatic carbocycles. The van der Waals surface area contributed by atoms with Gasteiger partial charge in [-0.15, -0.1) is 0 Å². The molecule has 6 heteroatoms. The van der Waals surface area contributed by atoms with Crippen LogP contribution in [0, 0.1) is 0 Å². The van der Waals surface area contributed by atoms with Gasteiger partial charge in [0.1, 0.15) is 11.6 Å². The molecule has 3 aromatic rings. The summed E-state index contributed by atoms with van der Waals surface area (Å²) in [4.78, 5) is 12.3. The summed E-state index contributed by atoms with van der Waals surface area (Å²) in [5.74, 6) is 1.39. The second-order valence-corrected chi connectivity index (χ2v) is 6.30. The Bertz CT molecular complexity index is 892. The lowest BCUT2D eigenvalue weighted by molar-refractivity contribution is -0.116. The summed E-state index contributed by atoms with van der Waals surface area (Å²) >= 11 is 6.02. The van der Waals surface area contributed by atoms with Crippen molar-refractivity contribution in [1.29, 1.82) is 0 Å². The molecule has 26 heavy (non-hydrogen) atoms. The second kappa shape index (κ2) is 8.54. The van der Waals surface area contributed by atoms with Gasteiger partial charge >= 0.3 is 0 Å². The molecule has 0 radical (unpaired) electrons. The van der Waals surface area contributed by atoms with Crippen LogP contribution in [0.25, 0.3) is 0 Å². The van der Waals surface area contributed by atoms with Crippen molar-refractivity contribution in [3.63, 3.8) is 0 Å². The first-order valence-corrected chi connectivity index (χ1v) is 8.71. The molecule has 0 unspecified atom stereocenters. The summed E-state index contributed by atoms with van der Waals surface area (Å²) in [6.07, 6.45) is 2.64. The number of nitrogens with zero attached hydrogens (tertiary/aromatic N) is 2. The van der Waals surface area contributed by atoms with Gasteiger partial charge in [-0.25, -0.2) is 4.68 Å². The van der Waals surface area contributed by atoms with Crippen LogP contribution in [0.5, 0.6) is 5.75 Å². The van der Waals surface area contributed by atoms with E-state index in [1.807, 2.05) is 48.5 Å². The van der Waals surface area contributed by atoms with Crippen LogP contribution in [0.2, 0.25) is 5.02 Å². The smallest absolute Gasteiger partial charge is 0.225 e. The van der Waals surface area contributed by atoms with Gasteiger partial charge < -0.3 is 10.1 Å². The normalized spacial score (nSPS) is 10.5. The minimum atomic E-state index is -0.0660. The zero-order valence-corrected chi connectivity index (χ0v) is 15.2. The molecule has 1 aromatic heterocycles. The zero-order chi connectivity index (χ0) is 18.4. The molecule has 0 saturated carbocycles. The van der Waals surface area contributed by atoms with E-state index in [4.69, 9.17) is 16.3 Å². The lowest BCUT2D eigenvalue weighted by Gasteiger charge is -2.10. The Morgan fingerprint density at radius 2 is 2.04 bits per heavy atom. The van der Waals surface area contributed by atoms with Crippen molar-refractivity contribution in [3.05, 3.63) is 76.9 Å². The van der Waals surface area contributed by atoms with E-state index < -0.39 is 0 Å². The minimum absolute atomic E-state index is 0.0660. The fourth-order valence-corrected chi connectivity index (χ4v) is 2.95. The molecule has 134 valence electrons. The number of methoxy groups -OCH3 is 1. The van der Waals surface area contributed by atoms with E-state index in [1.54, 1.807) is 24.1 Å². The van der Waals surface area contributed by atoms with Gasteiger partial charge in [-0.1, -0.05) is 41.9 Å². The van der Waals surface area contributed by atoms with Crippen molar-refractivity contribution in [2.75, 3.05) is 12.4 Å². The largest absolute Gasteiger partial charge is 0.496 e. The number of hydrogen-bond acceptors (Lipinski definition) is 3. The quantitative estimate of drug-likeness (QED) is 0.680. The Hall–Kier alpha value is -2.79. The number of amides is 1. The van der Waals surface area contributed by atoms with Gasteiger partial charge in [-0.2, -0.15) is 5.10 Å². The number of rotatable bonds is 7. The number of ether oxygens (including phenoxy) is 1. The Kier molecular flexibility index (Phi) is 5.92. The standard InChI is InChI=1S/C20H20ClN3O2/c1-26-18-8-3-2-6-16(18)9-10-20(25)23-19-11-12-22-24(19)14-15-5-4-7-17(21)13-15/h2-8,11-13H,9-10,14H2,1H3,(H,23,25). The number of para-hydroxylation sites is 1. The highest BCUT2D eigenvalue weighted by molar-refractivity contribution is 6.30. The van der Waals surface area contributed by atoms with Crippen LogP contribution in [0.1, 0.15) is 17.5 Å². The minimum Gasteiger partial charge on any atom is -0.496 e. The first-order valence-electron chi connectivity index (χ1n) is 8.33. The lowest BCUT2D eigenvalue weighted by atomic mass is 10.1. The number of hydrogen-bond donors (Lipinski definition) is 1. The Balaban J connectivity index is 1.61. The number of carbonyl (C=O) groups is 1. The summed E-state index contributed by atoms with van der Waals surface area (Å²) in [6, 6.07) is 17.1. The van der Waals surface area contributed by atoms with E-state index in [0.717, 1.165) is 16.9 Å². The van der Waals surface area contributed by atoms with Crippen molar-refractivity contribution in [1.82, 2.24) is 9.78 Å². The molecular weight excluding hydrogens is 350 g/mol. The van der Waals surface area contributed by atoms with E-state index in [0.29, 0.717) is 30.2 Å². The number of benzene rings is 2. The molecule has 0 bridgehead atoms. The molecule has 0 aliphatic heterocycles. The highest BCUT2D eigenvalue weighted by Crippen LogP contribution is 2.19. The molecule has 0 spiro atoms. The number of aromatic nitrogens is 2. The number of carbonyl (C=O) groups excluding carboxylic acids is 1. The van der Waals surface area contributed by atoms with Crippen LogP contribution in [-0.4, -0.2) is 22.8 Å². The first-order chi connectivity index (χ1) is 12.7. The third-order valence-electron chi connectivity index (χ3n) is 4.02. The SMILES string of the molecule is COc1ccccc1CCC(=O)Nc1ccnn1Cc1cccc(Cl)c1. The fourth-order valence-electron chi connectivity index (χ4n) is 2.74. The monoisotopic (exact) mass is 369 g/mol. The molecule has 1 heterocycles. The van der Waals surface area contributed by atoms with Crippen LogP contribution in [0.3, 0.4) is 0 Å². The number of nitrogens with one attached hydrogen (secondary N) is 1. The van der Waals surface area contributed by atoms with Crippen molar-refractivity contribution < 1.29 is 9.53 Å². The van der Waals surface area contributed by atoms with Gasteiger partial charge in [0, 0.05) is 17.5 Å². The molecule has 2 aromatic carbocycles. The van der Waals surface area contributed by atoms with Gasteiger partial charge in [0.05, 0.1) is 19.9 Å². The summed E-state index contributed by atoms with van der Waals surface area (Å²) < 4.78 is 7.06. The van der Waals surface area contributed by atoms with Gasteiger partial charge in [-0.3, -0.25) is 4.79 Å². The molecule has 0 aliphatic rings. The van der Waals surface area contributed by atoms with Gasteiger partial charge in [0.15, 0.2) is 0 Å². The van der Waals surface area contributed by atoms with Crippen LogP contribution in [-0.2, 0) is 17.8 Å². The lowest BCUT2D eigenvalue weighted by Crippen LogP contribution is -2.16. The maximum atomic E-state index is 12.3. The Morgan fingerprint density at radius 3 is 2.85 bits per heavy atom. The van der Waals surface area contributed by atoms with Crippen molar-refractivity contribution in [3.8, 4) is 5.75 Å². The topological polar surface area (TPSA) is 56.1 Å². The molecule has 5 nitrogen and oxygen atoms in total. The Labute approximate surface area is 157 Å². The molecule has 1 amide bonds. The van der Waals surface area contributed by atoms with E-state index in [1.165, 1.54) is 0 Å². The first kappa shape index (κ1) is 18.0. The third kappa shape index (κ3) is 4.64. The van der Waals surface area contributed by atoms with Crippen LogP contribution < -0.4 is 10.1 Å². The van der Waals surface area contributed by atoms with E-state index in [9.17, 15) is 4.79 Å². The van der Waals surface area contributed by atoms with Crippen LogP contribution in [0.15, 0.2) is 60.8 Å². The molecule has 0 saturated heterocycles. The number of halogens is 1. The van der Waals surface area contributed by atoms with Crippen LogP contribution >= 0.6 is 11.6 Å². The van der Waals surface area contributed by atoms with Crippen molar-refractivity contribution >= 4 is 23.3 Å². The number of aryl methyl sites for hydroxylation is 1. The van der Waals surface area contributed by atoms with Crippen molar-refractivity contribution in [2.45, 2.75) is 19.4 Å². The van der Waals surface area contributed by atoms with E-state index >= 15 is 0 Å². The predicted octanol–water partition coefficient (Wildman–Crippen LogP) is 4.16. The zero-order valence-electron chi connectivity index (χ0n) is 14.5. The maximum absolute atomic E-state index is 12.3.